The van der Waals surface area contributed by atoms with Crippen molar-refractivity contribution >= 4 is 23.7 Å². The number of carbonyl (C=O) groups is 4. The highest BCUT2D eigenvalue weighted by molar-refractivity contribution is 6.09. The van der Waals surface area contributed by atoms with Gasteiger partial charge >= 0.3 is 17.9 Å². The van der Waals surface area contributed by atoms with Crippen molar-refractivity contribution < 1.29 is 33.4 Å². The van der Waals surface area contributed by atoms with Gasteiger partial charge in [-0.2, -0.15) is 0 Å². The lowest BCUT2D eigenvalue weighted by Gasteiger charge is -2.46. The van der Waals surface area contributed by atoms with Crippen LogP contribution in [-0.2, 0) is 33.4 Å². The van der Waals surface area contributed by atoms with E-state index in [0.717, 1.165) is 29.6 Å². The minimum atomic E-state index is -0.904. The Morgan fingerprint density at radius 3 is 2.54 bits per heavy atom. The van der Waals surface area contributed by atoms with E-state index in [1.165, 1.54) is 6.92 Å². The number of hydrogen-bond donors (Lipinski definition) is 0. The Morgan fingerprint density at radius 2 is 1.82 bits per heavy atom. The third-order valence-corrected chi connectivity index (χ3v) is 12.1. The Morgan fingerprint density at radius 1 is 1.08 bits per heavy atom. The minimum absolute atomic E-state index is 0.0251. The van der Waals surface area contributed by atoms with E-state index in [2.05, 4.69) is 25.7 Å². The van der Waals surface area contributed by atoms with Crippen molar-refractivity contribution in [2.75, 3.05) is 0 Å². The molecular formula is C32H36O7. The van der Waals surface area contributed by atoms with Gasteiger partial charge in [-0.05, 0) is 59.0 Å². The Bertz CT molecular complexity index is 1380. The molecule has 0 aromatic heterocycles. The topological polar surface area (TPSA) is 96.0 Å². The summed E-state index contributed by atoms with van der Waals surface area (Å²) in [6.45, 7) is 13.6. The summed E-state index contributed by atoms with van der Waals surface area (Å²) in [7, 11) is 0. The maximum absolute atomic E-state index is 14.4. The fraction of sp³-hybridized carbons (Fsp3) is 0.625. The van der Waals surface area contributed by atoms with E-state index in [1.54, 1.807) is 6.08 Å². The monoisotopic (exact) mass is 532 g/mol. The predicted molar refractivity (Wildman–Crippen MR) is 140 cm³/mol. The van der Waals surface area contributed by atoms with Gasteiger partial charge < -0.3 is 14.2 Å². The average molecular weight is 533 g/mol. The lowest BCUT2D eigenvalue weighted by atomic mass is 9.55. The highest BCUT2D eigenvalue weighted by Crippen LogP contribution is 2.80. The van der Waals surface area contributed by atoms with Gasteiger partial charge in [0.05, 0.1) is 5.41 Å². The number of rotatable bonds is 1. The summed E-state index contributed by atoms with van der Waals surface area (Å²) < 4.78 is 18.7. The molecule has 206 valence electrons. The van der Waals surface area contributed by atoms with Gasteiger partial charge in [0.15, 0.2) is 5.78 Å². The molecule has 2 heterocycles. The molecule has 2 saturated heterocycles. The summed E-state index contributed by atoms with van der Waals surface area (Å²) in [4.78, 5) is 52.7. The molecule has 0 aromatic carbocycles. The second-order valence-electron chi connectivity index (χ2n) is 13.6. The molecule has 7 aliphatic rings. The number of ether oxygens (including phenoxy) is 3. The summed E-state index contributed by atoms with van der Waals surface area (Å²) >= 11 is 0. The van der Waals surface area contributed by atoms with E-state index in [4.69, 9.17) is 14.2 Å². The number of carbonyl (C=O) groups excluding carboxylic acids is 4. The van der Waals surface area contributed by atoms with Crippen LogP contribution in [0.1, 0.15) is 66.7 Å². The molecule has 2 bridgehead atoms. The van der Waals surface area contributed by atoms with E-state index in [0.29, 0.717) is 24.8 Å². The van der Waals surface area contributed by atoms with Crippen LogP contribution in [0.3, 0.4) is 0 Å². The highest BCUT2D eigenvalue weighted by Gasteiger charge is 2.84. The first-order valence-corrected chi connectivity index (χ1v) is 14.2. The van der Waals surface area contributed by atoms with Crippen molar-refractivity contribution in [3.8, 4) is 0 Å². The first-order valence-electron chi connectivity index (χ1n) is 14.2. The molecular weight excluding hydrogens is 496 g/mol. The first-order chi connectivity index (χ1) is 18.3. The smallest absolute Gasteiger partial charge is 0.334 e. The van der Waals surface area contributed by atoms with Gasteiger partial charge in [0, 0.05) is 52.6 Å². The molecule has 0 N–H and O–H groups in total. The van der Waals surface area contributed by atoms with Crippen LogP contribution in [0.25, 0.3) is 0 Å². The summed E-state index contributed by atoms with van der Waals surface area (Å²) in [6.07, 6.45) is 8.12. The van der Waals surface area contributed by atoms with Gasteiger partial charge in [-0.3, -0.25) is 14.4 Å². The second-order valence-corrected chi connectivity index (χ2v) is 13.6. The molecule has 2 aliphatic heterocycles. The minimum Gasteiger partial charge on any atom is -0.461 e. The maximum Gasteiger partial charge on any atom is 0.334 e. The standard InChI is InChI=1S/C32H36O7/c1-15-7-8-20-25(23-16(2)13-21(34)22(15)23)38-28(36)32(20)14-31-12-11-29(32,5)26(31)24-19(17(3)27(35)37-24)9-10-30(31,6)39-18(4)33/h11-13,19-20,23-26H,3,7-10,14H2,1-2,4-6H3/t19?,20?,23?,24?,25?,26?,29-,30+,31?,32?/m1/s1. The third kappa shape index (κ3) is 2.65. The quantitative estimate of drug-likeness (QED) is 0.211. The number of allylic oxidation sites excluding steroid dienone is 3. The SMILES string of the molecule is C=C1C(=O)OC2C1CC[C@](C)(OC(C)=O)C13C=C[C@](C)(C21)C1(C3)C(=O)OC2C3C(C)=CC(=O)C3=C(C)CCC21. The van der Waals surface area contributed by atoms with Crippen LogP contribution in [0.5, 0.6) is 0 Å². The van der Waals surface area contributed by atoms with Crippen LogP contribution in [-0.4, -0.2) is 41.5 Å². The summed E-state index contributed by atoms with van der Waals surface area (Å²) in [5.41, 5.74) is 0.0209. The molecule has 0 amide bonds. The van der Waals surface area contributed by atoms with Gasteiger partial charge in [0.1, 0.15) is 17.8 Å². The van der Waals surface area contributed by atoms with Gasteiger partial charge in [-0.25, -0.2) is 4.79 Å². The van der Waals surface area contributed by atoms with E-state index in [1.807, 2.05) is 20.8 Å². The predicted octanol–water partition coefficient (Wildman–Crippen LogP) is 4.57. The number of ketones is 1. The molecule has 8 unspecified atom stereocenters. The zero-order valence-electron chi connectivity index (χ0n) is 23.3. The number of esters is 3. The summed E-state index contributed by atoms with van der Waals surface area (Å²) in [5.74, 6) is -1.83. The van der Waals surface area contributed by atoms with Crippen molar-refractivity contribution in [2.24, 2.45) is 39.9 Å². The average Bonchev–Trinajstić information content (AvgIpc) is 3.51. The van der Waals surface area contributed by atoms with Gasteiger partial charge in [0.25, 0.3) is 0 Å². The zero-order valence-corrected chi connectivity index (χ0v) is 23.3. The van der Waals surface area contributed by atoms with Crippen molar-refractivity contribution in [2.45, 2.75) is 84.5 Å². The van der Waals surface area contributed by atoms with Crippen LogP contribution >= 0.6 is 0 Å². The lowest BCUT2D eigenvalue weighted by molar-refractivity contribution is -0.175. The molecule has 0 aromatic rings. The largest absolute Gasteiger partial charge is 0.461 e. The van der Waals surface area contributed by atoms with Crippen molar-refractivity contribution in [3.05, 3.63) is 47.1 Å². The fourth-order valence-electron chi connectivity index (χ4n) is 10.5. The van der Waals surface area contributed by atoms with Crippen LogP contribution in [0.15, 0.2) is 47.1 Å². The fourth-order valence-corrected chi connectivity index (χ4v) is 10.5. The molecule has 4 fully saturated rings. The van der Waals surface area contributed by atoms with Crippen molar-refractivity contribution in [1.29, 1.82) is 0 Å². The molecule has 5 aliphatic carbocycles. The first kappa shape index (κ1) is 25.0. The van der Waals surface area contributed by atoms with Crippen LogP contribution in [0, 0.1) is 39.9 Å². The molecule has 39 heavy (non-hydrogen) atoms. The van der Waals surface area contributed by atoms with Crippen molar-refractivity contribution in [1.82, 2.24) is 0 Å². The van der Waals surface area contributed by atoms with Gasteiger partial charge in [-0.1, -0.05) is 36.8 Å². The van der Waals surface area contributed by atoms with Crippen LogP contribution < -0.4 is 0 Å². The normalized spacial score (nSPS) is 49.2. The van der Waals surface area contributed by atoms with E-state index in [9.17, 15) is 19.2 Å². The summed E-state index contributed by atoms with van der Waals surface area (Å²) in [6, 6.07) is 0. The third-order valence-electron chi connectivity index (χ3n) is 12.1. The Balaban J connectivity index is 1.42. The maximum atomic E-state index is 14.4. The Hall–Kier alpha value is -2.96. The molecule has 2 saturated carbocycles. The molecule has 7 heteroatoms. The summed E-state index contributed by atoms with van der Waals surface area (Å²) in [5, 5.41) is 0. The molecule has 7 rings (SSSR count). The second kappa shape index (κ2) is 7.41. The lowest BCUT2D eigenvalue weighted by Crippen LogP contribution is -2.51. The van der Waals surface area contributed by atoms with E-state index < -0.39 is 34.1 Å². The molecule has 7 nitrogen and oxygen atoms in total. The van der Waals surface area contributed by atoms with E-state index in [-0.39, 0.29) is 47.4 Å². The number of fused-ring (bicyclic) bond motifs is 6. The number of hydrogen-bond acceptors (Lipinski definition) is 7. The molecule has 0 radical (unpaired) electrons. The van der Waals surface area contributed by atoms with Gasteiger partial charge in [0.2, 0.25) is 0 Å². The zero-order chi connectivity index (χ0) is 27.9. The molecule has 1 spiro atoms. The molecule has 10 atom stereocenters. The Kier molecular flexibility index (Phi) is 4.75. The van der Waals surface area contributed by atoms with Crippen molar-refractivity contribution in [3.63, 3.8) is 0 Å². The van der Waals surface area contributed by atoms with Crippen LogP contribution in [0.4, 0.5) is 0 Å². The Labute approximate surface area is 228 Å². The van der Waals surface area contributed by atoms with E-state index >= 15 is 0 Å². The highest BCUT2D eigenvalue weighted by atomic mass is 16.6. The van der Waals surface area contributed by atoms with Gasteiger partial charge in [-0.15, -0.1) is 0 Å². The van der Waals surface area contributed by atoms with Crippen LogP contribution in [0.2, 0.25) is 0 Å².